The Morgan fingerprint density at radius 1 is 1.67 bits per heavy atom. The maximum absolute atomic E-state index is 11.0. The van der Waals surface area contributed by atoms with E-state index in [1.807, 2.05) is 18.7 Å². The van der Waals surface area contributed by atoms with Gasteiger partial charge in [0.05, 0.1) is 0 Å². The van der Waals surface area contributed by atoms with E-state index in [0.717, 1.165) is 6.54 Å². The molecule has 52 valence electrons. The highest BCUT2D eigenvalue weighted by atomic mass is 16.2. The Kier molecular flexibility index (Phi) is 1.47. The van der Waals surface area contributed by atoms with Crippen LogP contribution in [0.5, 0.6) is 0 Å². The Balaban J connectivity index is 2.36. The zero-order valence-corrected chi connectivity index (χ0v) is 6.22. The molecule has 1 unspecified atom stereocenters. The first-order chi connectivity index (χ1) is 4.13. The number of rotatable bonds is 1. The third-order valence-electron chi connectivity index (χ3n) is 1.64. The number of amides is 1. The zero-order valence-electron chi connectivity index (χ0n) is 6.22. The fraction of sp³-hybridized carbons (Fsp3) is 0.857. The lowest BCUT2D eigenvalue weighted by atomic mass is 10.2. The molecule has 1 fully saturated rings. The van der Waals surface area contributed by atoms with E-state index in [0.29, 0.717) is 11.9 Å². The van der Waals surface area contributed by atoms with Crippen LogP contribution in [0.4, 0.5) is 0 Å². The minimum Gasteiger partial charge on any atom is -0.336 e. The van der Waals surface area contributed by atoms with Crippen molar-refractivity contribution in [2.75, 3.05) is 6.54 Å². The van der Waals surface area contributed by atoms with Gasteiger partial charge < -0.3 is 4.90 Å². The van der Waals surface area contributed by atoms with E-state index in [-0.39, 0.29) is 5.92 Å². The van der Waals surface area contributed by atoms with Gasteiger partial charge in [-0.3, -0.25) is 4.79 Å². The summed E-state index contributed by atoms with van der Waals surface area (Å²) in [6.45, 7) is 6.91. The van der Waals surface area contributed by atoms with Gasteiger partial charge in [-0.2, -0.15) is 0 Å². The molecule has 1 aliphatic rings. The van der Waals surface area contributed by atoms with Crippen LogP contribution in [0, 0.1) is 5.92 Å². The summed E-state index contributed by atoms with van der Waals surface area (Å²) in [4.78, 5) is 12.9. The van der Waals surface area contributed by atoms with Crippen LogP contribution in [0.2, 0.25) is 0 Å². The first kappa shape index (κ1) is 6.59. The average molecular weight is 127 g/mol. The molecule has 0 aromatic heterocycles. The molecule has 0 aliphatic carbocycles. The van der Waals surface area contributed by atoms with Crippen LogP contribution in [0.25, 0.3) is 0 Å². The Bertz CT molecular complexity index is 131. The van der Waals surface area contributed by atoms with Crippen LogP contribution in [-0.4, -0.2) is 23.4 Å². The Labute approximate surface area is 55.8 Å². The van der Waals surface area contributed by atoms with Crippen molar-refractivity contribution >= 4 is 5.91 Å². The van der Waals surface area contributed by atoms with Crippen molar-refractivity contribution in [3.05, 3.63) is 0 Å². The van der Waals surface area contributed by atoms with Crippen LogP contribution >= 0.6 is 0 Å². The average Bonchev–Trinajstić information content (AvgIpc) is 2.44. The highest BCUT2D eigenvalue weighted by Gasteiger charge is 2.34. The van der Waals surface area contributed by atoms with E-state index in [4.69, 9.17) is 0 Å². The highest BCUT2D eigenvalue weighted by Crippen LogP contribution is 2.18. The summed E-state index contributed by atoms with van der Waals surface area (Å²) in [6, 6.07) is 0.514. The smallest absolute Gasteiger partial charge is 0.225 e. The Hall–Kier alpha value is -0.530. The molecule has 0 radical (unpaired) electrons. The van der Waals surface area contributed by atoms with Gasteiger partial charge in [-0.1, -0.05) is 13.8 Å². The first-order valence-electron chi connectivity index (χ1n) is 3.43. The molecule has 0 N–H and O–H groups in total. The van der Waals surface area contributed by atoms with E-state index >= 15 is 0 Å². The summed E-state index contributed by atoms with van der Waals surface area (Å²) in [6.07, 6.45) is 0. The summed E-state index contributed by atoms with van der Waals surface area (Å²) in [5.41, 5.74) is 0. The van der Waals surface area contributed by atoms with Gasteiger partial charge in [-0.15, -0.1) is 0 Å². The SMILES string of the molecule is CC(C)C(=O)N1CC1C. The Morgan fingerprint density at radius 2 is 2.11 bits per heavy atom. The lowest BCUT2D eigenvalue weighted by Crippen LogP contribution is -2.18. The predicted octanol–water partition coefficient (Wildman–Crippen LogP) is 0.873. The number of nitrogens with zero attached hydrogens (tertiary/aromatic N) is 1. The molecule has 2 nitrogen and oxygen atoms in total. The molecule has 0 saturated carbocycles. The summed E-state index contributed by atoms with van der Waals surface area (Å²) >= 11 is 0. The molecule has 1 heterocycles. The van der Waals surface area contributed by atoms with Crippen molar-refractivity contribution in [3.8, 4) is 0 Å². The molecule has 1 aliphatic heterocycles. The van der Waals surface area contributed by atoms with Gasteiger partial charge in [-0.05, 0) is 6.92 Å². The van der Waals surface area contributed by atoms with Crippen molar-refractivity contribution in [3.63, 3.8) is 0 Å². The minimum absolute atomic E-state index is 0.176. The minimum atomic E-state index is 0.176. The second-order valence-electron chi connectivity index (χ2n) is 2.99. The maximum atomic E-state index is 11.0. The second-order valence-corrected chi connectivity index (χ2v) is 2.99. The fourth-order valence-corrected chi connectivity index (χ4v) is 0.876. The monoisotopic (exact) mass is 127 g/mol. The molecule has 0 spiro atoms. The van der Waals surface area contributed by atoms with Gasteiger partial charge in [0.25, 0.3) is 0 Å². The number of hydrogen-bond donors (Lipinski definition) is 0. The van der Waals surface area contributed by atoms with Gasteiger partial charge in [0, 0.05) is 18.5 Å². The van der Waals surface area contributed by atoms with Crippen molar-refractivity contribution in [1.29, 1.82) is 0 Å². The molecule has 0 aromatic carbocycles. The largest absolute Gasteiger partial charge is 0.336 e. The standard InChI is InChI=1S/C7H13NO/c1-5(2)7(9)8-4-6(8)3/h5-6H,4H2,1-3H3. The van der Waals surface area contributed by atoms with Gasteiger partial charge in [0.2, 0.25) is 5.91 Å². The first-order valence-corrected chi connectivity index (χ1v) is 3.43. The van der Waals surface area contributed by atoms with E-state index in [9.17, 15) is 4.79 Å². The van der Waals surface area contributed by atoms with Gasteiger partial charge >= 0.3 is 0 Å². The highest BCUT2D eigenvalue weighted by molar-refractivity contribution is 5.80. The van der Waals surface area contributed by atoms with Crippen molar-refractivity contribution in [2.45, 2.75) is 26.8 Å². The number of carbonyl (C=O) groups is 1. The summed E-state index contributed by atoms with van der Waals surface area (Å²) < 4.78 is 0. The lowest BCUT2D eigenvalue weighted by Gasteiger charge is -2.03. The molecule has 0 aromatic rings. The third-order valence-corrected chi connectivity index (χ3v) is 1.64. The predicted molar refractivity (Wildman–Crippen MR) is 36.0 cm³/mol. The van der Waals surface area contributed by atoms with Crippen LogP contribution in [-0.2, 0) is 4.79 Å². The molecular weight excluding hydrogens is 114 g/mol. The van der Waals surface area contributed by atoms with E-state index in [2.05, 4.69) is 6.92 Å². The second kappa shape index (κ2) is 2.01. The molecule has 1 atom stereocenters. The molecule has 9 heavy (non-hydrogen) atoms. The molecule has 1 saturated heterocycles. The van der Waals surface area contributed by atoms with E-state index in [1.54, 1.807) is 0 Å². The van der Waals surface area contributed by atoms with Crippen LogP contribution < -0.4 is 0 Å². The summed E-state index contributed by atoms with van der Waals surface area (Å²) in [7, 11) is 0. The van der Waals surface area contributed by atoms with Gasteiger partial charge in [0.15, 0.2) is 0 Å². The lowest BCUT2D eigenvalue weighted by molar-refractivity contribution is -0.129. The normalized spacial score (nSPS) is 24.9. The van der Waals surface area contributed by atoms with Crippen molar-refractivity contribution < 1.29 is 4.79 Å². The quantitative estimate of drug-likeness (QED) is 0.479. The van der Waals surface area contributed by atoms with Crippen molar-refractivity contribution in [1.82, 2.24) is 4.90 Å². The molecule has 2 heteroatoms. The number of carbonyl (C=O) groups excluding carboxylic acids is 1. The fourth-order valence-electron chi connectivity index (χ4n) is 0.876. The molecular formula is C7H13NO. The maximum Gasteiger partial charge on any atom is 0.225 e. The van der Waals surface area contributed by atoms with Crippen molar-refractivity contribution in [2.24, 2.45) is 5.92 Å². The zero-order chi connectivity index (χ0) is 7.02. The Morgan fingerprint density at radius 3 is 2.22 bits per heavy atom. The summed E-state index contributed by atoms with van der Waals surface area (Å²) in [5.74, 6) is 0.470. The van der Waals surface area contributed by atoms with Crippen LogP contribution in [0.1, 0.15) is 20.8 Å². The molecule has 1 amide bonds. The number of hydrogen-bond acceptors (Lipinski definition) is 1. The van der Waals surface area contributed by atoms with Crippen LogP contribution in [0.15, 0.2) is 0 Å². The van der Waals surface area contributed by atoms with Gasteiger partial charge in [0.1, 0.15) is 0 Å². The van der Waals surface area contributed by atoms with Crippen LogP contribution in [0.3, 0.4) is 0 Å². The summed E-state index contributed by atoms with van der Waals surface area (Å²) in [5, 5.41) is 0. The molecule has 1 rings (SSSR count). The van der Waals surface area contributed by atoms with E-state index < -0.39 is 0 Å². The van der Waals surface area contributed by atoms with E-state index in [1.165, 1.54) is 0 Å². The third kappa shape index (κ3) is 1.23. The van der Waals surface area contributed by atoms with Gasteiger partial charge in [-0.25, -0.2) is 0 Å². The topological polar surface area (TPSA) is 20.1 Å². The molecule has 0 bridgehead atoms.